The van der Waals surface area contributed by atoms with E-state index in [0.717, 1.165) is 6.07 Å². The highest BCUT2D eigenvalue weighted by Gasteiger charge is 2.32. The maximum absolute atomic E-state index is 12.8. The van der Waals surface area contributed by atoms with Gasteiger partial charge in [-0.25, -0.2) is 0 Å². The Labute approximate surface area is 136 Å². The highest BCUT2D eigenvalue weighted by molar-refractivity contribution is 5.94. The predicted octanol–water partition coefficient (Wildman–Crippen LogP) is 3.36. The number of alkyl halides is 3. The number of hydrogen-bond acceptors (Lipinski definition) is 2. The SMILES string of the molecule is N#Cc1cccc(C(=O)NCC#Cc2ccccc2C(F)(F)F)c1. The first-order chi connectivity index (χ1) is 11.4. The lowest BCUT2D eigenvalue weighted by atomic mass is 10.1. The number of amides is 1. The molecule has 0 aliphatic heterocycles. The van der Waals surface area contributed by atoms with Crippen molar-refractivity contribution in [2.24, 2.45) is 0 Å². The van der Waals surface area contributed by atoms with Crippen molar-refractivity contribution in [3.05, 3.63) is 70.8 Å². The van der Waals surface area contributed by atoms with Crippen LogP contribution in [0.15, 0.2) is 48.5 Å². The zero-order valence-corrected chi connectivity index (χ0v) is 12.3. The number of rotatable bonds is 2. The Morgan fingerprint density at radius 1 is 1.12 bits per heavy atom. The Bertz CT molecular complexity index is 855. The molecule has 0 heterocycles. The van der Waals surface area contributed by atoms with Gasteiger partial charge in [-0.2, -0.15) is 18.4 Å². The van der Waals surface area contributed by atoms with Crippen LogP contribution >= 0.6 is 0 Å². The molecular weight excluding hydrogens is 317 g/mol. The summed E-state index contributed by atoms with van der Waals surface area (Å²) >= 11 is 0. The molecule has 1 N–H and O–H groups in total. The van der Waals surface area contributed by atoms with Gasteiger partial charge in [0.15, 0.2) is 0 Å². The van der Waals surface area contributed by atoms with Gasteiger partial charge in [0.2, 0.25) is 0 Å². The van der Waals surface area contributed by atoms with Gasteiger partial charge in [-0.1, -0.05) is 30.0 Å². The second-order valence-corrected chi connectivity index (χ2v) is 4.72. The molecule has 0 saturated heterocycles. The van der Waals surface area contributed by atoms with Gasteiger partial charge in [-0.15, -0.1) is 0 Å². The highest BCUT2D eigenvalue weighted by Crippen LogP contribution is 2.31. The van der Waals surface area contributed by atoms with Crippen LogP contribution in [-0.4, -0.2) is 12.5 Å². The molecule has 6 heteroatoms. The molecule has 0 atom stereocenters. The molecule has 24 heavy (non-hydrogen) atoms. The summed E-state index contributed by atoms with van der Waals surface area (Å²) in [6, 6.07) is 13.0. The van der Waals surface area contributed by atoms with Gasteiger partial charge in [-0.3, -0.25) is 4.79 Å². The van der Waals surface area contributed by atoms with Crippen molar-refractivity contribution in [2.75, 3.05) is 6.54 Å². The van der Waals surface area contributed by atoms with Crippen LogP contribution in [0.1, 0.15) is 27.0 Å². The normalized spacial score (nSPS) is 10.2. The summed E-state index contributed by atoms with van der Waals surface area (Å²) in [7, 11) is 0. The van der Waals surface area contributed by atoms with E-state index in [9.17, 15) is 18.0 Å². The van der Waals surface area contributed by atoms with E-state index in [0.29, 0.717) is 5.56 Å². The lowest BCUT2D eigenvalue weighted by molar-refractivity contribution is -0.137. The summed E-state index contributed by atoms with van der Waals surface area (Å²) in [4.78, 5) is 11.9. The highest BCUT2D eigenvalue weighted by atomic mass is 19.4. The Balaban J connectivity index is 2.05. The maximum Gasteiger partial charge on any atom is 0.417 e. The number of nitrogens with zero attached hydrogens (tertiary/aromatic N) is 1. The molecule has 0 bridgehead atoms. The summed E-state index contributed by atoms with van der Waals surface area (Å²) in [6.45, 7) is -0.109. The summed E-state index contributed by atoms with van der Waals surface area (Å²) in [5.41, 5.74) is -0.337. The van der Waals surface area contributed by atoms with Crippen molar-refractivity contribution in [2.45, 2.75) is 6.18 Å². The number of carbonyl (C=O) groups is 1. The largest absolute Gasteiger partial charge is 0.417 e. The van der Waals surface area contributed by atoms with E-state index < -0.39 is 17.6 Å². The zero-order valence-electron chi connectivity index (χ0n) is 12.3. The smallest absolute Gasteiger partial charge is 0.341 e. The third kappa shape index (κ3) is 4.37. The van der Waals surface area contributed by atoms with Crippen LogP contribution in [0.4, 0.5) is 13.2 Å². The average Bonchev–Trinajstić information content (AvgIpc) is 2.58. The fourth-order valence-corrected chi connectivity index (χ4v) is 1.94. The zero-order chi connectivity index (χ0) is 17.6. The molecule has 1 amide bonds. The number of carbonyl (C=O) groups excluding carboxylic acids is 1. The summed E-state index contributed by atoms with van der Waals surface area (Å²) in [6.07, 6.45) is -4.48. The fraction of sp³-hybridized carbons (Fsp3) is 0.111. The quantitative estimate of drug-likeness (QED) is 0.860. The van der Waals surface area contributed by atoms with Crippen LogP contribution < -0.4 is 5.32 Å². The first-order valence-corrected chi connectivity index (χ1v) is 6.85. The van der Waals surface area contributed by atoms with E-state index in [2.05, 4.69) is 17.2 Å². The number of hydrogen-bond donors (Lipinski definition) is 1. The molecule has 0 unspecified atom stereocenters. The van der Waals surface area contributed by atoms with Gasteiger partial charge in [0, 0.05) is 11.1 Å². The average molecular weight is 328 g/mol. The molecule has 3 nitrogen and oxygen atoms in total. The molecule has 0 aromatic heterocycles. The lowest BCUT2D eigenvalue weighted by Gasteiger charge is -2.08. The second-order valence-electron chi connectivity index (χ2n) is 4.72. The van der Waals surface area contributed by atoms with Crippen molar-refractivity contribution in [1.82, 2.24) is 5.32 Å². The Hall–Kier alpha value is -3.25. The van der Waals surface area contributed by atoms with E-state index in [1.165, 1.54) is 30.3 Å². The molecule has 0 radical (unpaired) electrons. The molecule has 0 fully saturated rings. The molecule has 2 aromatic carbocycles. The number of halogens is 3. The summed E-state index contributed by atoms with van der Waals surface area (Å²) < 4.78 is 38.4. The van der Waals surface area contributed by atoms with Crippen LogP contribution in [0.2, 0.25) is 0 Å². The third-order valence-corrected chi connectivity index (χ3v) is 3.05. The Morgan fingerprint density at radius 2 is 1.88 bits per heavy atom. The number of nitrogens with one attached hydrogen (secondary N) is 1. The minimum Gasteiger partial charge on any atom is -0.341 e. The van der Waals surface area contributed by atoms with E-state index >= 15 is 0 Å². The van der Waals surface area contributed by atoms with Crippen molar-refractivity contribution in [3.63, 3.8) is 0 Å². The minimum absolute atomic E-state index is 0.109. The topological polar surface area (TPSA) is 52.9 Å². The third-order valence-electron chi connectivity index (χ3n) is 3.05. The van der Waals surface area contributed by atoms with Gasteiger partial charge in [0.05, 0.1) is 23.7 Å². The van der Waals surface area contributed by atoms with E-state index in [-0.39, 0.29) is 17.7 Å². The van der Waals surface area contributed by atoms with Gasteiger partial charge in [0.25, 0.3) is 5.91 Å². The van der Waals surface area contributed by atoms with Crippen LogP contribution in [0.25, 0.3) is 0 Å². The molecular formula is C18H11F3N2O. The molecule has 0 aliphatic carbocycles. The van der Waals surface area contributed by atoms with Crippen LogP contribution in [-0.2, 0) is 6.18 Å². The molecule has 2 aromatic rings. The summed E-state index contributed by atoms with van der Waals surface area (Å²) in [5, 5.41) is 11.3. The first kappa shape index (κ1) is 17.1. The summed E-state index contributed by atoms with van der Waals surface area (Å²) in [5.74, 6) is 4.46. The van der Waals surface area contributed by atoms with Crippen LogP contribution in [0.3, 0.4) is 0 Å². The van der Waals surface area contributed by atoms with Gasteiger partial charge >= 0.3 is 6.18 Å². The first-order valence-electron chi connectivity index (χ1n) is 6.85. The van der Waals surface area contributed by atoms with Crippen molar-refractivity contribution < 1.29 is 18.0 Å². The van der Waals surface area contributed by atoms with Crippen molar-refractivity contribution >= 4 is 5.91 Å². The Kier molecular flexibility index (Phi) is 5.23. The number of benzene rings is 2. The lowest BCUT2D eigenvalue weighted by Crippen LogP contribution is -2.23. The Morgan fingerprint density at radius 3 is 2.58 bits per heavy atom. The molecule has 2 rings (SSSR count). The minimum atomic E-state index is -4.48. The van der Waals surface area contributed by atoms with E-state index in [1.807, 2.05) is 6.07 Å². The number of nitriles is 1. The standard InChI is InChI=1S/C18H11F3N2O/c19-18(20,21)16-9-2-1-6-14(16)8-4-10-23-17(24)15-7-3-5-13(11-15)12-22/h1-3,5-7,9,11H,10H2,(H,23,24). The molecule has 0 saturated carbocycles. The monoisotopic (exact) mass is 328 g/mol. The van der Waals surface area contributed by atoms with Crippen molar-refractivity contribution in [1.29, 1.82) is 5.26 Å². The second kappa shape index (κ2) is 7.34. The van der Waals surface area contributed by atoms with Crippen LogP contribution in [0, 0.1) is 23.2 Å². The van der Waals surface area contributed by atoms with Crippen LogP contribution in [0.5, 0.6) is 0 Å². The molecule has 0 spiro atoms. The van der Waals surface area contributed by atoms with Gasteiger partial charge in [-0.05, 0) is 30.3 Å². The van der Waals surface area contributed by atoms with Crippen molar-refractivity contribution in [3.8, 4) is 17.9 Å². The maximum atomic E-state index is 12.8. The predicted molar refractivity (Wildman–Crippen MR) is 81.8 cm³/mol. The molecule has 0 aliphatic rings. The van der Waals surface area contributed by atoms with E-state index in [1.54, 1.807) is 12.1 Å². The molecule has 120 valence electrons. The van der Waals surface area contributed by atoms with Gasteiger partial charge < -0.3 is 5.32 Å². The van der Waals surface area contributed by atoms with Gasteiger partial charge in [0.1, 0.15) is 0 Å². The van der Waals surface area contributed by atoms with E-state index in [4.69, 9.17) is 5.26 Å². The fourth-order valence-electron chi connectivity index (χ4n) is 1.94.